The fourth-order valence-corrected chi connectivity index (χ4v) is 4.25. The molecule has 0 aliphatic carbocycles. The van der Waals surface area contributed by atoms with Crippen molar-refractivity contribution in [2.45, 2.75) is 28.4 Å². The third-order valence-electron chi connectivity index (χ3n) is 4.34. The summed E-state index contributed by atoms with van der Waals surface area (Å²) in [5, 5.41) is 3.84. The van der Waals surface area contributed by atoms with E-state index in [0.29, 0.717) is 31.2 Å². The smallest absolute Gasteiger partial charge is 0.314 e. The van der Waals surface area contributed by atoms with Crippen LogP contribution in [0.4, 0.5) is 13.2 Å². The fraction of sp³-hybridized carbons (Fsp3) is 0.368. The lowest BCUT2D eigenvalue weighted by Crippen LogP contribution is -2.46. The van der Waals surface area contributed by atoms with Crippen LogP contribution < -0.4 is 5.32 Å². The molecule has 1 saturated heterocycles. The molecule has 27 heavy (non-hydrogen) atoms. The van der Waals surface area contributed by atoms with Crippen LogP contribution in [0.1, 0.15) is 18.0 Å². The second-order valence-corrected chi connectivity index (χ2v) is 7.77. The van der Waals surface area contributed by atoms with Gasteiger partial charge in [-0.15, -0.1) is 12.4 Å². The number of alkyl halides is 3. The maximum atomic E-state index is 13.3. The van der Waals surface area contributed by atoms with Crippen LogP contribution in [-0.4, -0.2) is 37.3 Å². The van der Waals surface area contributed by atoms with Gasteiger partial charge in [-0.05, 0) is 35.9 Å². The first-order valence-electron chi connectivity index (χ1n) is 8.46. The average molecular weight is 437 g/mol. The topological polar surface area (TPSA) is 15.3 Å². The third kappa shape index (κ3) is 6.57. The van der Waals surface area contributed by atoms with Crippen LogP contribution in [0.15, 0.2) is 58.3 Å². The van der Waals surface area contributed by atoms with Gasteiger partial charge >= 0.3 is 6.18 Å². The highest BCUT2D eigenvalue weighted by Gasteiger charge is 2.36. The van der Waals surface area contributed by atoms with Gasteiger partial charge in [0.25, 0.3) is 0 Å². The largest absolute Gasteiger partial charge is 0.390 e. The molecule has 0 saturated carbocycles. The van der Waals surface area contributed by atoms with E-state index in [0.717, 1.165) is 15.4 Å². The van der Waals surface area contributed by atoms with Gasteiger partial charge in [0.15, 0.2) is 0 Å². The number of rotatable bonds is 5. The Kier molecular flexibility index (Phi) is 8.31. The Bertz CT molecular complexity index is 720. The second-order valence-electron chi connectivity index (χ2n) is 6.21. The monoisotopic (exact) mass is 436 g/mol. The van der Waals surface area contributed by atoms with Crippen LogP contribution in [0, 0.1) is 0 Å². The predicted octanol–water partition coefficient (Wildman–Crippen LogP) is 5.81. The molecule has 1 N–H and O–H groups in total. The van der Waals surface area contributed by atoms with E-state index in [2.05, 4.69) is 5.32 Å². The Balaban J connectivity index is 0.00000261. The summed E-state index contributed by atoms with van der Waals surface area (Å²) in [5.41, 5.74) is 0.728. The molecule has 1 heterocycles. The lowest BCUT2D eigenvalue weighted by atomic mass is 10.0. The summed E-state index contributed by atoms with van der Waals surface area (Å²) in [5.74, 6) is 0. The molecular weight excluding hydrogens is 416 g/mol. The average Bonchev–Trinajstić information content (AvgIpc) is 2.62. The van der Waals surface area contributed by atoms with E-state index < -0.39 is 18.6 Å². The summed E-state index contributed by atoms with van der Waals surface area (Å²) in [6.45, 7) is 2.64. The first-order valence-corrected chi connectivity index (χ1v) is 9.66. The number of piperazine rings is 1. The summed E-state index contributed by atoms with van der Waals surface area (Å²) in [7, 11) is 0. The van der Waals surface area contributed by atoms with Gasteiger partial charge in [-0.25, -0.2) is 0 Å². The van der Waals surface area contributed by atoms with E-state index in [1.807, 2.05) is 41.3 Å². The van der Waals surface area contributed by atoms with Crippen molar-refractivity contribution in [3.63, 3.8) is 0 Å². The van der Waals surface area contributed by atoms with Crippen LogP contribution in [0.3, 0.4) is 0 Å². The Morgan fingerprint density at radius 1 is 1.04 bits per heavy atom. The summed E-state index contributed by atoms with van der Waals surface area (Å²) in [4.78, 5) is 3.74. The molecule has 0 radical (unpaired) electrons. The van der Waals surface area contributed by atoms with Crippen LogP contribution in [0.25, 0.3) is 0 Å². The molecule has 1 aliphatic rings. The Morgan fingerprint density at radius 3 is 2.30 bits per heavy atom. The highest BCUT2D eigenvalue weighted by atomic mass is 35.5. The van der Waals surface area contributed by atoms with Gasteiger partial charge in [0.1, 0.15) is 0 Å². The van der Waals surface area contributed by atoms with Gasteiger partial charge in [-0.2, -0.15) is 13.2 Å². The van der Waals surface area contributed by atoms with Gasteiger partial charge in [0, 0.05) is 47.0 Å². The van der Waals surface area contributed by atoms with Crippen LogP contribution in [0.5, 0.6) is 0 Å². The Labute approximate surface area is 172 Å². The first-order chi connectivity index (χ1) is 12.4. The van der Waals surface area contributed by atoms with Crippen molar-refractivity contribution >= 4 is 35.8 Å². The van der Waals surface area contributed by atoms with E-state index in [9.17, 15) is 13.2 Å². The van der Waals surface area contributed by atoms with Crippen LogP contribution in [0.2, 0.25) is 5.02 Å². The van der Waals surface area contributed by atoms with Crippen LogP contribution >= 0.6 is 35.8 Å². The molecule has 0 amide bonds. The van der Waals surface area contributed by atoms with Gasteiger partial charge < -0.3 is 5.32 Å². The summed E-state index contributed by atoms with van der Waals surface area (Å²) in [6.07, 6.45) is -5.06. The highest BCUT2D eigenvalue weighted by Crippen LogP contribution is 2.40. The summed E-state index contributed by atoms with van der Waals surface area (Å²) < 4.78 is 39.9. The zero-order valence-corrected chi connectivity index (χ0v) is 16.9. The molecule has 0 bridgehead atoms. The highest BCUT2D eigenvalue weighted by molar-refractivity contribution is 7.99. The van der Waals surface area contributed by atoms with Gasteiger partial charge in [-0.3, -0.25) is 4.90 Å². The number of nitrogens with zero attached hydrogens (tertiary/aromatic N) is 1. The van der Waals surface area contributed by atoms with Crippen molar-refractivity contribution in [1.82, 2.24) is 10.2 Å². The van der Waals surface area contributed by atoms with E-state index in [1.165, 1.54) is 11.8 Å². The predicted molar refractivity (Wildman–Crippen MR) is 107 cm³/mol. The van der Waals surface area contributed by atoms with Crippen molar-refractivity contribution in [3.8, 4) is 0 Å². The number of benzene rings is 2. The van der Waals surface area contributed by atoms with E-state index >= 15 is 0 Å². The molecule has 148 valence electrons. The number of hydrogen-bond acceptors (Lipinski definition) is 3. The molecule has 1 aliphatic heterocycles. The zero-order chi connectivity index (χ0) is 18.6. The second kappa shape index (κ2) is 10.0. The normalized spacial score (nSPS) is 16.6. The lowest BCUT2D eigenvalue weighted by molar-refractivity contribution is -0.149. The zero-order valence-electron chi connectivity index (χ0n) is 14.5. The van der Waals surface area contributed by atoms with Crippen LogP contribution in [-0.2, 0) is 0 Å². The third-order valence-corrected chi connectivity index (χ3v) is 5.69. The van der Waals surface area contributed by atoms with E-state index in [4.69, 9.17) is 11.6 Å². The van der Waals surface area contributed by atoms with Crippen molar-refractivity contribution in [3.05, 3.63) is 59.1 Å². The lowest BCUT2D eigenvalue weighted by Gasteiger charge is -2.36. The van der Waals surface area contributed by atoms with Crippen molar-refractivity contribution in [2.75, 3.05) is 26.2 Å². The molecule has 0 aromatic heterocycles. The van der Waals surface area contributed by atoms with E-state index in [-0.39, 0.29) is 12.4 Å². The SMILES string of the molecule is Cl.FC(F)(F)C[C@H](c1ccccc1Sc1ccc(Cl)cc1)N1CCNCC1. The number of nitrogens with one attached hydrogen (secondary N) is 1. The Hall–Kier alpha value is -0.920. The minimum atomic E-state index is -4.21. The standard InChI is InChI=1S/C19H20ClF3N2S.ClH/c20-14-5-7-15(8-6-14)26-18-4-2-1-3-16(18)17(13-19(21,22)23)25-11-9-24-10-12-25;/h1-8,17,24H,9-13H2;1H/t17-;/m1./s1. The molecule has 0 unspecified atom stereocenters. The fourth-order valence-electron chi connectivity index (χ4n) is 3.13. The molecule has 2 aromatic rings. The quantitative estimate of drug-likeness (QED) is 0.636. The molecular formula is C19H21Cl2F3N2S. The minimum absolute atomic E-state index is 0. The van der Waals surface area contributed by atoms with Crippen molar-refractivity contribution < 1.29 is 13.2 Å². The molecule has 1 fully saturated rings. The molecule has 8 heteroatoms. The molecule has 1 atom stereocenters. The minimum Gasteiger partial charge on any atom is -0.314 e. The van der Waals surface area contributed by atoms with Gasteiger partial charge in [0.05, 0.1) is 6.42 Å². The van der Waals surface area contributed by atoms with Gasteiger partial charge in [-0.1, -0.05) is 41.6 Å². The molecule has 2 aromatic carbocycles. The summed E-state index contributed by atoms with van der Waals surface area (Å²) in [6, 6.07) is 14.0. The molecule has 2 nitrogen and oxygen atoms in total. The molecule has 3 rings (SSSR count). The van der Waals surface area contributed by atoms with Gasteiger partial charge in [0.2, 0.25) is 0 Å². The summed E-state index contributed by atoms with van der Waals surface area (Å²) >= 11 is 7.40. The molecule has 0 spiro atoms. The van der Waals surface area contributed by atoms with Crippen molar-refractivity contribution in [1.29, 1.82) is 0 Å². The first kappa shape index (κ1) is 22.4. The maximum absolute atomic E-state index is 13.3. The number of hydrogen-bond donors (Lipinski definition) is 1. The number of halogens is 5. The Morgan fingerprint density at radius 2 is 1.67 bits per heavy atom. The van der Waals surface area contributed by atoms with E-state index in [1.54, 1.807) is 12.1 Å². The van der Waals surface area contributed by atoms with Crippen molar-refractivity contribution in [2.24, 2.45) is 0 Å². The maximum Gasteiger partial charge on any atom is 0.390 e.